The van der Waals surface area contributed by atoms with Crippen molar-refractivity contribution in [2.75, 3.05) is 20.3 Å². The molecule has 0 aliphatic carbocycles. The Balaban J connectivity index is 2.63. The quantitative estimate of drug-likeness (QED) is 0.125. The van der Waals surface area contributed by atoms with E-state index < -0.39 is 18.4 Å². The van der Waals surface area contributed by atoms with Gasteiger partial charge in [0.2, 0.25) is 0 Å². The van der Waals surface area contributed by atoms with Gasteiger partial charge in [-0.05, 0) is 0 Å². The van der Waals surface area contributed by atoms with Crippen molar-refractivity contribution in [1.29, 1.82) is 0 Å². The summed E-state index contributed by atoms with van der Waals surface area (Å²) in [5.74, 6) is -0.213. The zero-order chi connectivity index (χ0) is 23.9. The molecule has 0 amide bonds. The first-order chi connectivity index (χ1) is 16.1. The van der Waals surface area contributed by atoms with Gasteiger partial charge in [-0.1, -0.05) is 0 Å². The number of hydrogen-bond acceptors (Lipinski definition) is 4. The number of ether oxygens (including phenoxy) is 3. The summed E-state index contributed by atoms with van der Waals surface area (Å²) < 4.78 is 22.9. The SMILES string of the molecule is CCC[CH2][Sn]([CH2]CCC)([CH2]CCC)/[C](COC1CCCCO1)=C(/C(=O)OC)c1ccccc1. The van der Waals surface area contributed by atoms with E-state index in [4.69, 9.17) is 14.2 Å². The van der Waals surface area contributed by atoms with Gasteiger partial charge in [0.1, 0.15) is 0 Å². The Morgan fingerprint density at radius 2 is 1.58 bits per heavy atom. The zero-order valence-electron chi connectivity index (χ0n) is 21.5. The van der Waals surface area contributed by atoms with Crippen LogP contribution in [0.15, 0.2) is 33.9 Å². The molecule has 33 heavy (non-hydrogen) atoms. The second-order valence-electron chi connectivity index (χ2n) is 9.41. The van der Waals surface area contributed by atoms with Crippen molar-refractivity contribution in [1.82, 2.24) is 0 Å². The molecule has 1 aromatic carbocycles. The van der Waals surface area contributed by atoms with Crippen molar-refractivity contribution in [3.8, 4) is 0 Å². The Morgan fingerprint density at radius 1 is 0.970 bits per heavy atom. The van der Waals surface area contributed by atoms with Crippen molar-refractivity contribution in [2.45, 2.75) is 98.2 Å². The van der Waals surface area contributed by atoms with E-state index in [-0.39, 0.29) is 12.3 Å². The van der Waals surface area contributed by atoms with Gasteiger partial charge < -0.3 is 0 Å². The molecular formula is C28H46O4Sn. The standard InChI is InChI=1S/C16H19O4.3C4H9.Sn/c1-18-16(17)14(13-7-3-2-4-8-13)10-12-20-15-9-5-6-11-19-15;3*1-3-4-2;/h2-4,7-8,15H,5-6,9,11-12H2,1H3;3*1,3-4H2,2H3;. The van der Waals surface area contributed by atoms with Gasteiger partial charge in [0, 0.05) is 0 Å². The summed E-state index contributed by atoms with van der Waals surface area (Å²) in [7, 11) is 1.51. The van der Waals surface area contributed by atoms with Crippen LogP contribution in [0.4, 0.5) is 0 Å². The molecule has 1 aliphatic rings. The topological polar surface area (TPSA) is 44.8 Å². The fourth-order valence-corrected chi connectivity index (χ4v) is 21.9. The number of methoxy groups -OCH3 is 1. The second kappa shape index (κ2) is 15.9. The van der Waals surface area contributed by atoms with Crippen LogP contribution in [-0.2, 0) is 19.0 Å². The third-order valence-corrected chi connectivity index (χ3v) is 23.0. The van der Waals surface area contributed by atoms with E-state index in [0.29, 0.717) is 6.61 Å². The summed E-state index contributed by atoms with van der Waals surface area (Å²) in [6.07, 6.45) is 10.3. The second-order valence-corrected chi connectivity index (χ2v) is 22.7. The van der Waals surface area contributed by atoms with E-state index in [9.17, 15) is 4.79 Å². The maximum absolute atomic E-state index is 13.3. The first-order valence-electron chi connectivity index (χ1n) is 13.2. The molecule has 0 N–H and O–H groups in total. The van der Waals surface area contributed by atoms with Crippen LogP contribution < -0.4 is 0 Å². The van der Waals surface area contributed by atoms with Gasteiger partial charge in [0.15, 0.2) is 0 Å². The Hall–Kier alpha value is -0.851. The molecule has 1 aromatic rings. The first-order valence-corrected chi connectivity index (χ1v) is 20.7. The third kappa shape index (κ3) is 8.70. The van der Waals surface area contributed by atoms with E-state index in [2.05, 4.69) is 32.9 Å². The molecule has 0 radical (unpaired) electrons. The Kier molecular flexibility index (Phi) is 13.7. The summed E-state index contributed by atoms with van der Waals surface area (Å²) in [6.45, 7) is 8.12. The molecule has 1 unspecified atom stereocenters. The molecule has 4 nitrogen and oxygen atoms in total. The van der Waals surface area contributed by atoms with E-state index in [1.165, 1.54) is 62.5 Å². The predicted molar refractivity (Wildman–Crippen MR) is 140 cm³/mol. The summed E-state index contributed by atoms with van der Waals surface area (Å²) in [6, 6.07) is 10.1. The third-order valence-electron chi connectivity index (χ3n) is 6.97. The van der Waals surface area contributed by atoms with Crippen LogP contribution in [0.1, 0.15) is 84.1 Å². The molecule has 2 rings (SSSR count). The van der Waals surface area contributed by atoms with E-state index >= 15 is 0 Å². The summed E-state index contributed by atoms with van der Waals surface area (Å²) in [5, 5.41) is 0. The molecule has 1 heterocycles. The van der Waals surface area contributed by atoms with Crippen LogP contribution in [0, 0.1) is 0 Å². The monoisotopic (exact) mass is 566 g/mol. The van der Waals surface area contributed by atoms with Gasteiger partial charge in [-0.25, -0.2) is 0 Å². The van der Waals surface area contributed by atoms with Crippen molar-refractivity contribution in [3.63, 3.8) is 0 Å². The van der Waals surface area contributed by atoms with Crippen LogP contribution in [-0.4, -0.2) is 51.0 Å². The fraction of sp³-hybridized carbons (Fsp3) is 0.679. The van der Waals surface area contributed by atoms with Crippen LogP contribution in [0.5, 0.6) is 0 Å². The average Bonchev–Trinajstić information content (AvgIpc) is 2.87. The summed E-state index contributed by atoms with van der Waals surface area (Å²) >= 11 is -2.99. The van der Waals surface area contributed by atoms with Crippen LogP contribution in [0.3, 0.4) is 0 Å². The first kappa shape index (κ1) is 28.4. The zero-order valence-corrected chi connectivity index (χ0v) is 24.4. The molecule has 0 aromatic heterocycles. The van der Waals surface area contributed by atoms with E-state index in [1.54, 1.807) is 0 Å². The summed E-state index contributed by atoms with van der Waals surface area (Å²) in [5.41, 5.74) is 1.76. The molecule has 5 heteroatoms. The molecule has 0 spiro atoms. The molecule has 1 fully saturated rings. The number of esters is 1. The molecule has 1 saturated heterocycles. The number of carbonyl (C=O) groups is 1. The molecule has 0 saturated carbocycles. The number of rotatable bonds is 15. The van der Waals surface area contributed by atoms with Gasteiger partial charge in [-0.15, -0.1) is 0 Å². The Labute approximate surface area is 206 Å². The predicted octanol–water partition coefficient (Wildman–Crippen LogP) is 7.54. The van der Waals surface area contributed by atoms with E-state index in [1.807, 2.05) is 18.2 Å². The van der Waals surface area contributed by atoms with Gasteiger partial charge >= 0.3 is 207 Å². The number of unbranched alkanes of at least 4 members (excludes halogenated alkanes) is 3. The Morgan fingerprint density at radius 3 is 2.06 bits per heavy atom. The van der Waals surface area contributed by atoms with Crippen molar-refractivity contribution in [3.05, 3.63) is 39.5 Å². The number of carbonyl (C=O) groups excluding carboxylic acids is 1. The van der Waals surface area contributed by atoms with Gasteiger partial charge in [0.05, 0.1) is 0 Å². The van der Waals surface area contributed by atoms with Gasteiger partial charge in [0.25, 0.3) is 0 Å². The van der Waals surface area contributed by atoms with Crippen molar-refractivity contribution in [2.24, 2.45) is 0 Å². The Bertz CT molecular complexity index is 688. The van der Waals surface area contributed by atoms with Crippen LogP contribution >= 0.6 is 0 Å². The van der Waals surface area contributed by atoms with Crippen molar-refractivity contribution < 1.29 is 19.0 Å². The average molecular weight is 565 g/mol. The minimum absolute atomic E-state index is 0.157. The fourth-order valence-electron chi connectivity index (χ4n) is 5.00. The molecule has 1 atom stereocenters. The van der Waals surface area contributed by atoms with Crippen molar-refractivity contribution >= 4 is 29.9 Å². The molecule has 186 valence electrons. The molecular weight excluding hydrogens is 519 g/mol. The normalized spacial score (nSPS) is 17.5. The van der Waals surface area contributed by atoms with Gasteiger partial charge in [-0.2, -0.15) is 0 Å². The number of hydrogen-bond donors (Lipinski definition) is 0. The molecule has 1 aliphatic heterocycles. The van der Waals surface area contributed by atoms with Crippen LogP contribution in [0.2, 0.25) is 13.3 Å². The number of benzene rings is 1. The van der Waals surface area contributed by atoms with Crippen LogP contribution in [0.25, 0.3) is 5.57 Å². The minimum atomic E-state index is -2.99. The molecule has 0 bridgehead atoms. The van der Waals surface area contributed by atoms with Gasteiger partial charge in [-0.3, -0.25) is 0 Å². The van der Waals surface area contributed by atoms with E-state index in [0.717, 1.165) is 37.0 Å². The maximum atomic E-state index is 13.3. The summed E-state index contributed by atoms with van der Waals surface area (Å²) in [4.78, 5) is 13.3.